The summed E-state index contributed by atoms with van der Waals surface area (Å²) in [6.45, 7) is 4.44. The molecule has 182 valence electrons. The Labute approximate surface area is 205 Å². The predicted octanol–water partition coefficient (Wildman–Crippen LogP) is 4.13. The second-order valence-electron chi connectivity index (χ2n) is 9.99. The normalized spacial score (nSPS) is 26.3. The third-order valence-corrected chi connectivity index (χ3v) is 7.60. The summed E-state index contributed by atoms with van der Waals surface area (Å²) in [6.07, 6.45) is 3.41. The Morgan fingerprint density at radius 1 is 0.971 bits per heavy atom. The van der Waals surface area contributed by atoms with Crippen molar-refractivity contribution in [2.24, 2.45) is 23.7 Å². The minimum Gasteiger partial charge on any atom is -0.426 e. The maximum atomic E-state index is 13.0. The van der Waals surface area contributed by atoms with Crippen molar-refractivity contribution in [3.05, 3.63) is 54.1 Å². The van der Waals surface area contributed by atoms with Crippen molar-refractivity contribution in [1.82, 2.24) is 0 Å². The number of hydrogen-bond donors (Lipinski definition) is 0. The van der Waals surface area contributed by atoms with Crippen LogP contribution in [0, 0.1) is 23.7 Å². The van der Waals surface area contributed by atoms with Crippen LogP contribution in [0.5, 0.6) is 5.75 Å². The van der Waals surface area contributed by atoms with E-state index in [4.69, 9.17) is 4.74 Å². The van der Waals surface area contributed by atoms with E-state index < -0.39 is 11.9 Å². The number of ether oxygens (including phenoxy) is 1. The molecular formula is C28H30N2O5. The molecule has 5 rings (SSSR count). The van der Waals surface area contributed by atoms with Crippen molar-refractivity contribution >= 4 is 35.1 Å². The van der Waals surface area contributed by atoms with Crippen molar-refractivity contribution in [2.45, 2.75) is 46.0 Å². The molecule has 0 bridgehead atoms. The first-order valence-corrected chi connectivity index (χ1v) is 12.4. The zero-order valence-electron chi connectivity index (χ0n) is 20.1. The molecule has 0 unspecified atom stereocenters. The second-order valence-corrected chi connectivity index (χ2v) is 9.99. The van der Waals surface area contributed by atoms with E-state index in [1.165, 1.54) is 10.5 Å². The van der Waals surface area contributed by atoms with Gasteiger partial charge in [0.05, 0.1) is 23.4 Å². The average Bonchev–Trinajstić information content (AvgIpc) is 3.36. The summed E-state index contributed by atoms with van der Waals surface area (Å²) in [5.74, 6) is -1.36. The molecule has 7 nitrogen and oxygen atoms in total. The number of aryl methyl sites for hydroxylation is 1. The highest BCUT2D eigenvalue weighted by Gasteiger charge is 2.50. The zero-order valence-corrected chi connectivity index (χ0v) is 20.1. The Morgan fingerprint density at radius 2 is 1.71 bits per heavy atom. The molecule has 0 aromatic heterocycles. The number of nitrogens with zero attached hydrogens (tertiary/aromatic N) is 2. The monoisotopic (exact) mass is 474 g/mol. The summed E-state index contributed by atoms with van der Waals surface area (Å²) < 4.78 is 5.61. The van der Waals surface area contributed by atoms with Crippen LogP contribution in [0.1, 0.15) is 45.1 Å². The SMILES string of the molecule is CCc1ccc(N2C[C@H](C(=O)Oc3cccc(N4C(=O)[C@H]5C[C@@H](C)CC[C@H]5C4=O)c3)CC2=O)cc1. The van der Waals surface area contributed by atoms with Crippen LogP contribution in [0.15, 0.2) is 48.5 Å². The van der Waals surface area contributed by atoms with Gasteiger partial charge in [0, 0.05) is 24.7 Å². The molecule has 4 atom stereocenters. The van der Waals surface area contributed by atoms with Gasteiger partial charge in [0.1, 0.15) is 5.75 Å². The largest absolute Gasteiger partial charge is 0.426 e. The molecule has 1 aliphatic carbocycles. The van der Waals surface area contributed by atoms with E-state index in [1.807, 2.05) is 24.3 Å². The van der Waals surface area contributed by atoms with E-state index in [-0.39, 0.29) is 48.3 Å². The summed E-state index contributed by atoms with van der Waals surface area (Å²) in [5, 5.41) is 0. The summed E-state index contributed by atoms with van der Waals surface area (Å²) in [4.78, 5) is 54.4. The molecule has 2 aliphatic heterocycles. The third kappa shape index (κ3) is 4.35. The Balaban J connectivity index is 1.27. The van der Waals surface area contributed by atoms with Gasteiger partial charge in [0.15, 0.2) is 0 Å². The molecule has 3 fully saturated rings. The van der Waals surface area contributed by atoms with Crippen LogP contribution in [0.3, 0.4) is 0 Å². The number of rotatable bonds is 5. The topological polar surface area (TPSA) is 84.0 Å². The minimum absolute atomic E-state index is 0.0820. The molecule has 1 saturated carbocycles. The first-order chi connectivity index (χ1) is 16.9. The molecule has 0 spiro atoms. The fourth-order valence-corrected chi connectivity index (χ4v) is 5.56. The molecule has 0 radical (unpaired) electrons. The van der Waals surface area contributed by atoms with Crippen LogP contribution in [0.4, 0.5) is 11.4 Å². The molecule has 3 amide bonds. The van der Waals surface area contributed by atoms with Crippen molar-refractivity contribution in [2.75, 3.05) is 16.3 Å². The third-order valence-electron chi connectivity index (χ3n) is 7.60. The lowest BCUT2D eigenvalue weighted by atomic mass is 9.76. The lowest BCUT2D eigenvalue weighted by molar-refractivity contribution is -0.139. The van der Waals surface area contributed by atoms with E-state index in [0.29, 0.717) is 11.6 Å². The molecular weight excluding hydrogens is 444 g/mol. The first kappa shape index (κ1) is 23.3. The van der Waals surface area contributed by atoms with Gasteiger partial charge in [-0.1, -0.05) is 32.0 Å². The van der Waals surface area contributed by atoms with Crippen LogP contribution >= 0.6 is 0 Å². The molecule has 0 N–H and O–H groups in total. The Hall–Kier alpha value is -3.48. The number of fused-ring (bicyclic) bond motifs is 1. The summed E-state index contributed by atoms with van der Waals surface area (Å²) in [5.41, 5.74) is 2.37. The number of carbonyl (C=O) groups is 4. The molecule has 7 heteroatoms. The van der Waals surface area contributed by atoms with Gasteiger partial charge < -0.3 is 9.64 Å². The molecule has 3 aliphatic rings. The highest BCUT2D eigenvalue weighted by Crippen LogP contribution is 2.42. The van der Waals surface area contributed by atoms with Crippen LogP contribution in [0.2, 0.25) is 0 Å². The van der Waals surface area contributed by atoms with Crippen molar-refractivity contribution < 1.29 is 23.9 Å². The number of anilines is 2. The second kappa shape index (κ2) is 9.29. The molecule has 2 saturated heterocycles. The number of hydrogen-bond acceptors (Lipinski definition) is 5. The van der Waals surface area contributed by atoms with Crippen molar-refractivity contribution in [1.29, 1.82) is 0 Å². The lowest BCUT2D eigenvalue weighted by Gasteiger charge is -2.25. The maximum Gasteiger partial charge on any atom is 0.316 e. The molecule has 2 aromatic rings. The van der Waals surface area contributed by atoms with Crippen molar-refractivity contribution in [3.8, 4) is 5.75 Å². The fraction of sp³-hybridized carbons (Fsp3) is 0.429. The Bertz CT molecular complexity index is 1170. The van der Waals surface area contributed by atoms with E-state index in [1.54, 1.807) is 29.2 Å². The maximum absolute atomic E-state index is 13.0. The van der Waals surface area contributed by atoms with Gasteiger partial charge in [-0.05, 0) is 61.4 Å². The van der Waals surface area contributed by atoms with Gasteiger partial charge in [0.2, 0.25) is 17.7 Å². The molecule has 2 aromatic carbocycles. The molecule has 2 heterocycles. The average molecular weight is 475 g/mol. The standard InChI is InChI=1S/C28H30N2O5/c1-3-18-8-10-20(11-9-18)29-16-19(14-25(29)31)28(34)35-22-6-4-5-21(15-22)30-26(32)23-12-7-17(2)13-24(23)27(30)33/h4-6,8-11,15,17,19,23-24H,3,7,12-14,16H2,1-2H3/t17-,19+,23+,24-/m0/s1. The van der Waals surface area contributed by atoms with E-state index in [9.17, 15) is 19.2 Å². The Morgan fingerprint density at radius 3 is 2.46 bits per heavy atom. The number of imide groups is 1. The van der Waals surface area contributed by atoms with Gasteiger partial charge >= 0.3 is 5.97 Å². The summed E-state index contributed by atoms with van der Waals surface area (Å²) in [7, 11) is 0. The van der Waals surface area contributed by atoms with E-state index >= 15 is 0 Å². The lowest BCUT2D eigenvalue weighted by Crippen LogP contribution is -2.31. The highest BCUT2D eigenvalue weighted by molar-refractivity contribution is 6.22. The minimum atomic E-state index is -0.587. The van der Waals surface area contributed by atoms with Crippen molar-refractivity contribution in [3.63, 3.8) is 0 Å². The quantitative estimate of drug-likeness (QED) is 0.370. The van der Waals surface area contributed by atoms with Crippen LogP contribution < -0.4 is 14.5 Å². The number of esters is 1. The number of benzene rings is 2. The van der Waals surface area contributed by atoms with Gasteiger partial charge in [-0.2, -0.15) is 0 Å². The van der Waals surface area contributed by atoms with Crippen LogP contribution in [-0.4, -0.2) is 30.2 Å². The summed E-state index contributed by atoms with van der Waals surface area (Å²) >= 11 is 0. The number of amides is 3. The van der Waals surface area contributed by atoms with E-state index in [2.05, 4.69) is 13.8 Å². The number of carbonyl (C=O) groups excluding carboxylic acids is 4. The van der Waals surface area contributed by atoms with Gasteiger partial charge in [-0.3, -0.25) is 19.2 Å². The predicted molar refractivity (Wildman–Crippen MR) is 131 cm³/mol. The zero-order chi connectivity index (χ0) is 24.7. The van der Waals surface area contributed by atoms with Gasteiger partial charge in [0.25, 0.3) is 0 Å². The van der Waals surface area contributed by atoms with Crippen LogP contribution in [0.25, 0.3) is 0 Å². The van der Waals surface area contributed by atoms with Gasteiger partial charge in [-0.25, -0.2) is 4.90 Å². The van der Waals surface area contributed by atoms with Gasteiger partial charge in [-0.15, -0.1) is 0 Å². The fourth-order valence-electron chi connectivity index (χ4n) is 5.56. The van der Waals surface area contributed by atoms with E-state index in [0.717, 1.165) is 31.4 Å². The molecule has 35 heavy (non-hydrogen) atoms. The van der Waals surface area contributed by atoms with Crippen LogP contribution in [-0.2, 0) is 25.6 Å². The smallest absolute Gasteiger partial charge is 0.316 e. The highest BCUT2D eigenvalue weighted by atomic mass is 16.5. The summed E-state index contributed by atoms with van der Waals surface area (Å²) in [6, 6.07) is 14.3. The Kier molecular flexibility index (Phi) is 6.17. The first-order valence-electron chi connectivity index (χ1n) is 12.4.